The Morgan fingerprint density at radius 1 is 1.70 bits per heavy atom. The van der Waals surface area contributed by atoms with Gasteiger partial charge in [0, 0.05) is 5.75 Å². The Morgan fingerprint density at radius 3 is 3.60 bits per heavy atom. The summed E-state index contributed by atoms with van der Waals surface area (Å²) >= 11 is 1.79. The summed E-state index contributed by atoms with van der Waals surface area (Å²) in [7, 11) is 0. The Bertz CT molecular complexity index is 214. The van der Waals surface area contributed by atoms with Gasteiger partial charge in [-0.15, -0.1) is 11.8 Å². The molecular weight excluding hydrogens is 146 g/mol. The van der Waals surface area contributed by atoms with Gasteiger partial charge in [-0.3, -0.25) is 4.98 Å². The number of hydrogen-bond acceptors (Lipinski definition) is 3. The average Bonchev–Trinajstić information content (AvgIpc) is 2.05. The molecule has 1 aliphatic heterocycles. The lowest BCUT2D eigenvalue weighted by Gasteiger charge is -2.14. The topological polar surface area (TPSA) is 22.1 Å². The first-order valence-electron chi connectivity index (χ1n) is 3.08. The molecule has 2 heterocycles. The van der Waals surface area contributed by atoms with E-state index in [-0.39, 0.29) is 0 Å². The highest BCUT2D eigenvalue weighted by Crippen LogP contribution is 2.31. The van der Waals surface area contributed by atoms with Gasteiger partial charge < -0.3 is 4.74 Å². The van der Waals surface area contributed by atoms with Crippen LogP contribution >= 0.6 is 11.8 Å². The molecule has 1 aromatic rings. The molecule has 0 fully saturated rings. The summed E-state index contributed by atoms with van der Waals surface area (Å²) in [6, 6.07) is 1.86. The van der Waals surface area contributed by atoms with Crippen LogP contribution < -0.4 is 4.74 Å². The Kier molecular flexibility index (Phi) is 1.51. The molecule has 0 aromatic carbocycles. The Balaban J connectivity index is 2.41. The molecule has 3 heteroatoms. The number of nitrogens with zero attached hydrogens (tertiary/aromatic N) is 1. The van der Waals surface area contributed by atoms with Gasteiger partial charge in [-0.2, -0.15) is 0 Å². The minimum absolute atomic E-state index is 0.795. The maximum absolute atomic E-state index is 5.32. The minimum Gasteiger partial charge on any atom is -0.490 e. The Hall–Kier alpha value is -0.700. The van der Waals surface area contributed by atoms with Crippen LogP contribution in [0.15, 0.2) is 17.2 Å². The molecule has 1 radical (unpaired) electrons. The van der Waals surface area contributed by atoms with Crippen LogP contribution in [0.5, 0.6) is 5.75 Å². The molecule has 0 unspecified atom stereocenters. The van der Waals surface area contributed by atoms with Crippen LogP contribution in [-0.4, -0.2) is 17.3 Å². The van der Waals surface area contributed by atoms with Crippen LogP contribution in [0.25, 0.3) is 0 Å². The van der Waals surface area contributed by atoms with Crippen molar-refractivity contribution in [2.75, 3.05) is 12.4 Å². The first kappa shape index (κ1) is 6.04. The van der Waals surface area contributed by atoms with Crippen molar-refractivity contribution in [3.63, 3.8) is 0 Å². The van der Waals surface area contributed by atoms with Crippen molar-refractivity contribution in [2.24, 2.45) is 0 Å². The zero-order valence-electron chi connectivity index (χ0n) is 5.33. The second-order valence-electron chi connectivity index (χ2n) is 1.96. The molecule has 0 atom stereocenters. The van der Waals surface area contributed by atoms with Gasteiger partial charge in [-0.05, 0) is 6.07 Å². The predicted octanol–water partition coefficient (Wildman–Crippen LogP) is 1.37. The summed E-state index contributed by atoms with van der Waals surface area (Å²) in [5.41, 5.74) is 0. The molecule has 0 saturated heterocycles. The molecule has 0 saturated carbocycles. The summed E-state index contributed by atoms with van der Waals surface area (Å²) in [6.07, 6.45) is 4.48. The average molecular weight is 152 g/mol. The third-order valence-corrected chi connectivity index (χ3v) is 2.29. The lowest BCUT2D eigenvalue weighted by molar-refractivity contribution is 0.328. The smallest absolute Gasteiger partial charge is 0.151 e. The zero-order chi connectivity index (χ0) is 6.81. The number of thioether (sulfide) groups is 1. The second kappa shape index (κ2) is 2.50. The Labute approximate surface area is 63.6 Å². The van der Waals surface area contributed by atoms with E-state index in [9.17, 15) is 0 Å². The highest BCUT2D eigenvalue weighted by molar-refractivity contribution is 7.99. The monoisotopic (exact) mass is 152 g/mol. The molecule has 2 nitrogen and oxygen atoms in total. The molecule has 1 aliphatic rings. The number of hydrogen-bond donors (Lipinski definition) is 0. The standard InChI is InChI=1S/C7H6NOS/c1-2-8-5-6-7(1)10-4-3-9-6/h1,5H,3-4H2. The predicted molar refractivity (Wildman–Crippen MR) is 39.3 cm³/mol. The van der Waals surface area contributed by atoms with Gasteiger partial charge in [-0.25, -0.2) is 0 Å². The van der Waals surface area contributed by atoms with Crippen molar-refractivity contribution < 1.29 is 4.74 Å². The van der Waals surface area contributed by atoms with E-state index < -0.39 is 0 Å². The fourth-order valence-corrected chi connectivity index (χ4v) is 1.63. The van der Waals surface area contributed by atoms with E-state index in [4.69, 9.17) is 4.74 Å². The third kappa shape index (κ3) is 0.968. The number of rotatable bonds is 0. The van der Waals surface area contributed by atoms with Crippen molar-refractivity contribution in [2.45, 2.75) is 4.90 Å². The highest BCUT2D eigenvalue weighted by atomic mass is 32.2. The summed E-state index contributed by atoms with van der Waals surface area (Å²) in [6.45, 7) is 0.795. The molecule has 0 amide bonds. The van der Waals surface area contributed by atoms with E-state index in [2.05, 4.69) is 11.2 Å². The quantitative estimate of drug-likeness (QED) is 0.560. The largest absolute Gasteiger partial charge is 0.490 e. The number of pyridine rings is 1. The number of ether oxygens (including phenoxy) is 1. The molecule has 51 valence electrons. The molecule has 10 heavy (non-hydrogen) atoms. The maximum Gasteiger partial charge on any atom is 0.151 e. The van der Waals surface area contributed by atoms with Gasteiger partial charge in [0.25, 0.3) is 0 Å². The van der Waals surface area contributed by atoms with Crippen molar-refractivity contribution in [1.29, 1.82) is 0 Å². The van der Waals surface area contributed by atoms with Gasteiger partial charge >= 0.3 is 0 Å². The molecule has 0 N–H and O–H groups in total. The van der Waals surface area contributed by atoms with Crippen LogP contribution in [0, 0.1) is 6.20 Å². The van der Waals surface area contributed by atoms with Gasteiger partial charge in [-0.1, -0.05) is 0 Å². The van der Waals surface area contributed by atoms with E-state index in [1.54, 1.807) is 18.0 Å². The van der Waals surface area contributed by atoms with Crippen LogP contribution in [0.4, 0.5) is 0 Å². The number of fused-ring (bicyclic) bond motifs is 1. The summed E-state index contributed by atoms with van der Waals surface area (Å²) in [5.74, 6) is 1.93. The molecule has 1 aromatic heterocycles. The van der Waals surface area contributed by atoms with E-state index in [1.807, 2.05) is 6.07 Å². The molecule has 0 spiro atoms. The fraction of sp³-hybridized carbons (Fsp3) is 0.286. The maximum atomic E-state index is 5.32. The molecular formula is C7H6NOS. The highest BCUT2D eigenvalue weighted by Gasteiger charge is 2.08. The lowest BCUT2D eigenvalue weighted by atomic mass is 10.4. The van der Waals surface area contributed by atoms with Gasteiger partial charge in [0.05, 0.1) is 23.9 Å². The SMILES string of the molecule is [c]1cc2c(cn1)OCCS2. The molecule has 0 aliphatic carbocycles. The Morgan fingerprint density at radius 2 is 2.70 bits per heavy atom. The number of aromatic nitrogens is 1. The van der Waals surface area contributed by atoms with Crippen LogP contribution in [0.3, 0.4) is 0 Å². The van der Waals surface area contributed by atoms with E-state index >= 15 is 0 Å². The van der Waals surface area contributed by atoms with Gasteiger partial charge in [0.1, 0.15) is 0 Å². The summed E-state index contributed by atoms with van der Waals surface area (Å²) < 4.78 is 5.32. The lowest BCUT2D eigenvalue weighted by Crippen LogP contribution is -2.06. The van der Waals surface area contributed by atoms with Crippen molar-refractivity contribution in [1.82, 2.24) is 4.98 Å². The van der Waals surface area contributed by atoms with E-state index in [1.165, 1.54) is 0 Å². The minimum atomic E-state index is 0.795. The third-order valence-electron chi connectivity index (χ3n) is 1.29. The van der Waals surface area contributed by atoms with Crippen molar-refractivity contribution in [3.8, 4) is 5.75 Å². The fourth-order valence-electron chi connectivity index (χ4n) is 0.851. The van der Waals surface area contributed by atoms with E-state index in [0.29, 0.717) is 0 Å². The first-order chi connectivity index (χ1) is 4.97. The van der Waals surface area contributed by atoms with E-state index in [0.717, 1.165) is 23.0 Å². The summed E-state index contributed by atoms with van der Waals surface area (Å²) in [5, 5.41) is 0. The van der Waals surface area contributed by atoms with Crippen molar-refractivity contribution in [3.05, 3.63) is 18.5 Å². The first-order valence-corrected chi connectivity index (χ1v) is 4.07. The van der Waals surface area contributed by atoms with Gasteiger partial charge in [0.2, 0.25) is 0 Å². The van der Waals surface area contributed by atoms with Crippen molar-refractivity contribution >= 4 is 11.8 Å². The zero-order valence-corrected chi connectivity index (χ0v) is 6.15. The summed E-state index contributed by atoms with van der Waals surface area (Å²) in [4.78, 5) is 4.99. The van der Waals surface area contributed by atoms with Crippen LogP contribution in [0.2, 0.25) is 0 Å². The normalized spacial score (nSPS) is 15.6. The molecule has 2 rings (SSSR count). The molecule has 0 bridgehead atoms. The van der Waals surface area contributed by atoms with Crippen LogP contribution in [0.1, 0.15) is 0 Å². The van der Waals surface area contributed by atoms with Crippen LogP contribution in [-0.2, 0) is 0 Å². The van der Waals surface area contributed by atoms with Gasteiger partial charge in [0.15, 0.2) is 5.75 Å². The second-order valence-corrected chi connectivity index (χ2v) is 3.09.